The van der Waals surface area contributed by atoms with Crippen LogP contribution in [0.25, 0.3) is 0 Å². The average molecular weight is 302 g/mol. The molecule has 0 bridgehead atoms. The molecule has 0 aliphatic heterocycles. The number of aliphatic hydroxyl groups excluding tert-OH is 1. The summed E-state index contributed by atoms with van der Waals surface area (Å²) in [4.78, 5) is 0. The summed E-state index contributed by atoms with van der Waals surface area (Å²) in [6.07, 6.45) is -3.74. The third-order valence-corrected chi connectivity index (χ3v) is 4.21. The van der Waals surface area contributed by atoms with Crippen molar-refractivity contribution in [2.24, 2.45) is 11.8 Å². The van der Waals surface area contributed by atoms with Crippen LogP contribution in [0, 0.1) is 11.8 Å². The smallest absolute Gasteiger partial charge is 0.391 e. The Hall–Kier alpha value is -1.23. The van der Waals surface area contributed by atoms with Gasteiger partial charge < -0.3 is 9.84 Å². The van der Waals surface area contributed by atoms with Gasteiger partial charge in [-0.3, -0.25) is 0 Å². The fourth-order valence-corrected chi connectivity index (χ4v) is 2.96. The third-order valence-electron chi connectivity index (χ3n) is 4.21. The molecule has 1 atom stereocenters. The average Bonchev–Trinajstić information content (AvgIpc) is 2.47. The predicted octanol–water partition coefficient (Wildman–Crippen LogP) is 4.49. The van der Waals surface area contributed by atoms with Gasteiger partial charge in [-0.2, -0.15) is 13.2 Å². The summed E-state index contributed by atoms with van der Waals surface area (Å²) >= 11 is 0. The molecule has 0 radical (unpaired) electrons. The minimum atomic E-state index is -4.10. The van der Waals surface area contributed by atoms with E-state index < -0.39 is 18.2 Å². The maximum atomic E-state index is 12.6. The van der Waals surface area contributed by atoms with Crippen molar-refractivity contribution in [3.63, 3.8) is 0 Å². The van der Waals surface area contributed by atoms with E-state index in [4.69, 9.17) is 4.74 Å². The molecular weight excluding hydrogens is 281 g/mol. The summed E-state index contributed by atoms with van der Waals surface area (Å²) in [6, 6.07) is 7.13. The second kappa shape index (κ2) is 6.69. The van der Waals surface area contributed by atoms with E-state index in [0.29, 0.717) is 19.4 Å². The van der Waals surface area contributed by atoms with Gasteiger partial charge in [-0.15, -0.1) is 0 Å². The molecule has 0 spiro atoms. The minimum absolute atomic E-state index is 0.0958. The molecule has 1 unspecified atom stereocenters. The Morgan fingerprint density at radius 2 is 1.71 bits per heavy atom. The number of hydrogen-bond acceptors (Lipinski definition) is 2. The molecule has 1 aromatic carbocycles. The second-order valence-corrected chi connectivity index (χ2v) is 5.60. The van der Waals surface area contributed by atoms with E-state index in [1.54, 1.807) is 24.3 Å². The van der Waals surface area contributed by atoms with Gasteiger partial charge in [0.15, 0.2) is 0 Å². The molecule has 1 aliphatic carbocycles. The number of ether oxygens (including phenoxy) is 1. The molecule has 1 saturated carbocycles. The van der Waals surface area contributed by atoms with Crippen LogP contribution in [0.1, 0.15) is 44.3 Å². The fraction of sp³-hybridized carbons (Fsp3) is 0.625. The predicted molar refractivity (Wildman–Crippen MR) is 74.1 cm³/mol. The Morgan fingerprint density at radius 1 is 1.14 bits per heavy atom. The van der Waals surface area contributed by atoms with Gasteiger partial charge in [0.2, 0.25) is 0 Å². The Balaban J connectivity index is 1.93. The van der Waals surface area contributed by atoms with Gasteiger partial charge in [0.05, 0.1) is 18.6 Å². The zero-order chi connectivity index (χ0) is 15.5. The van der Waals surface area contributed by atoms with Gasteiger partial charge in [-0.1, -0.05) is 12.1 Å². The van der Waals surface area contributed by atoms with Gasteiger partial charge >= 0.3 is 6.18 Å². The van der Waals surface area contributed by atoms with Crippen molar-refractivity contribution < 1.29 is 23.0 Å². The highest BCUT2D eigenvalue weighted by molar-refractivity contribution is 5.28. The summed E-state index contributed by atoms with van der Waals surface area (Å²) in [7, 11) is 0. The molecule has 0 saturated heterocycles. The van der Waals surface area contributed by atoms with E-state index in [1.807, 2.05) is 6.92 Å². The van der Waals surface area contributed by atoms with Crippen LogP contribution >= 0.6 is 0 Å². The van der Waals surface area contributed by atoms with Crippen molar-refractivity contribution in [1.29, 1.82) is 0 Å². The first-order valence-corrected chi connectivity index (χ1v) is 7.39. The van der Waals surface area contributed by atoms with Crippen LogP contribution in [0.4, 0.5) is 13.2 Å². The number of aliphatic hydroxyl groups is 1. The van der Waals surface area contributed by atoms with Crippen molar-refractivity contribution in [1.82, 2.24) is 0 Å². The summed E-state index contributed by atoms with van der Waals surface area (Å²) in [5.41, 5.74) is 0.744. The molecule has 118 valence electrons. The Morgan fingerprint density at radius 3 is 2.19 bits per heavy atom. The monoisotopic (exact) mass is 302 g/mol. The number of rotatable bonds is 4. The van der Waals surface area contributed by atoms with E-state index >= 15 is 0 Å². The molecule has 0 amide bonds. The number of hydrogen-bond donors (Lipinski definition) is 1. The van der Waals surface area contributed by atoms with Crippen LogP contribution in [-0.4, -0.2) is 17.9 Å². The zero-order valence-corrected chi connectivity index (χ0v) is 12.1. The van der Waals surface area contributed by atoms with Crippen LogP contribution < -0.4 is 4.74 Å². The number of benzene rings is 1. The Kier molecular flexibility index (Phi) is 5.14. The first-order chi connectivity index (χ1) is 9.91. The second-order valence-electron chi connectivity index (χ2n) is 5.60. The van der Waals surface area contributed by atoms with Crippen molar-refractivity contribution in [3.8, 4) is 5.75 Å². The molecule has 1 fully saturated rings. The third kappa shape index (κ3) is 4.13. The Bertz CT molecular complexity index is 434. The SMILES string of the molecule is CCOc1ccc(C(O)C2CCC(C(F)(F)F)CC2)cc1. The Labute approximate surface area is 122 Å². The van der Waals surface area contributed by atoms with Gasteiger partial charge in [0.1, 0.15) is 5.75 Å². The van der Waals surface area contributed by atoms with Crippen LogP contribution in [0.2, 0.25) is 0 Å². The highest BCUT2D eigenvalue weighted by Gasteiger charge is 2.42. The standard InChI is InChI=1S/C16H21F3O2/c1-2-21-14-9-5-12(6-10-14)15(20)11-3-7-13(8-4-11)16(17,18)19/h5-6,9-11,13,15,20H,2-4,7-8H2,1H3. The lowest BCUT2D eigenvalue weighted by atomic mass is 9.77. The largest absolute Gasteiger partial charge is 0.494 e. The van der Waals surface area contributed by atoms with Crippen LogP contribution in [0.3, 0.4) is 0 Å². The molecular formula is C16H21F3O2. The van der Waals surface area contributed by atoms with Crippen molar-refractivity contribution >= 4 is 0 Å². The number of halogens is 3. The first kappa shape index (κ1) is 16.1. The van der Waals surface area contributed by atoms with E-state index in [9.17, 15) is 18.3 Å². The molecule has 1 aliphatic rings. The molecule has 1 aromatic rings. The fourth-order valence-electron chi connectivity index (χ4n) is 2.96. The van der Waals surface area contributed by atoms with E-state index in [2.05, 4.69) is 0 Å². The van der Waals surface area contributed by atoms with Gasteiger partial charge in [-0.05, 0) is 56.2 Å². The number of alkyl halides is 3. The summed E-state index contributed by atoms with van der Waals surface area (Å²) in [5.74, 6) is -0.572. The summed E-state index contributed by atoms with van der Waals surface area (Å²) in [5, 5.41) is 10.3. The maximum absolute atomic E-state index is 12.6. The van der Waals surface area contributed by atoms with Crippen LogP contribution in [-0.2, 0) is 0 Å². The molecule has 2 nitrogen and oxygen atoms in total. The molecule has 0 aromatic heterocycles. The summed E-state index contributed by atoms with van der Waals surface area (Å²) in [6.45, 7) is 2.46. The lowest BCUT2D eigenvalue weighted by Crippen LogP contribution is -2.29. The van der Waals surface area contributed by atoms with Gasteiger partial charge in [0, 0.05) is 0 Å². The van der Waals surface area contributed by atoms with E-state index in [-0.39, 0.29) is 18.8 Å². The van der Waals surface area contributed by atoms with E-state index in [0.717, 1.165) is 11.3 Å². The molecule has 0 heterocycles. The molecule has 5 heteroatoms. The molecule has 2 rings (SSSR count). The van der Waals surface area contributed by atoms with Crippen molar-refractivity contribution in [3.05, 3.63) is 29.8 Å². The van der Waals surface area contributed by atoms with Crippen LogP contribution in [0.15, 0.2) is 24.3 Å². The highest BCUT2D eigenvalue weighted by atomic mass is 19.4. The van der Waals surface area contributed by atoms with E-state index in [1.165, 1.54) is 0 Å². The quantitative estimate of drug-likeness (QED) is 0.888. The van der Waals surface area contributed by atoms with Crippen molar-refractivity contribution in [2.75, 3.05) is 6.61 Å². The maximum Gasteiger partial charge on any atom is 0.391 e. The first-order valence-electron chi connectivity index (χ1n) is 7.39. The molecule has 21 heavy (non-hydrogen) atoms. The van der Waals surface area contributed by atoms with Crippen LogP contribution in [0.5, 0.6) is 5.75 Å². The summed E-state index contributed by atoms with van der Waals surface area (Å²) < 4.78 is 43.2. The highest BCUT2D eigenvalue weighted by Crippen LogP contribution is 2.43. The topological polar surface area (TPSA) is 29.5 Å². The van der Waals surface area contributed by atoms with Gasteiger partial charge in [-0.25, -0.2) is 0 Å². The lowest BCUT2D eigenvalue weighted by molar-refractivity contribution is -0.185. The van der Waals surface area contributed by atoms with Gasteiger partial charge in [0.25, 0.3) is 0 Å². The zero-order valence-electron chi connectivity index (χ0n) is 12.1. The van der Waals surface area contributed by atoms with Crippen molar-refractivity contribution in [2.45, 2.75) is 44.9 Å². The minimum Gasteiger partial charge on any atom is -0.494 e. The lowest BCUT2D eigenvalue weighted by Gasteiger charge is -2.32. The normalized spacial score (nSPS) is 24.6. The molecule has 1 N–H and O–H groups in total.